The Bertz CT molecular complexity index is 1050. The van der Waals surface area contributed by atoms with E-state index in [-0.39, 0.29) is 0 Å². The van der Waals surface area contributed by atoms with Crippen molar-refractivity contribution in [1.82, 2.24) is 14.9 Å². The van der Waals surface area contributed by atoms with E-state index in [0.29, 0.717) is 36.0 Å². The van der Waals surface area contributed by atoms with Gasteiger partial charge in [-0.2, -0.15) is 0 Å². The molecule has 9 heteroatoms. The summed E-state index contributed by atoms with van der Waals surface area (Å²) in [6.45, 7) is 5.36. The number of fused-ring (bicyclic) bond motifs is 1. The molecule has 3 aliphatic heterocycles. The van der Waals surface area contributed by atoms with Crippen molar-refractivity contribution in [2.24, 2.45) is 5.92 Å². The van der Waals surface area contributed by atoms with Gasteiger partial charge < -0.3 is 14.4 Å². The van der Waals surface area contributed by atoms with Crippen molar-refractivity contribution in [2.75, 3.05) is 50.5 Å². The molecule has 2 saturated heterocycles. The summed E-state index contributed by atoms with van der Waals surface area (Å²) in [7, 11) is -2.77. The van der Waals surface area contributed by atoms with Crippen molar-refractivity contribution >= 4 is 15.7 Å². The van der Waals surface area contributed by atoms with Gasteiger partial charge in [0.15, 0.2) is 11.5 Å². The fourth-order valence-corrected chi connectivity index (χ4v) is 5.52. The molecule has 0 saturated carbocycles. The lowest BCUT2D eigenvalue weighted by atomic mass is 9.95. The van der Waals surface area contributed by atoms with Crippen LogP contribution in [0.2, 0.25) is 0 Å². The number of aromatic nitrogens is 2. The minimum absolute atomic E-state index is 0.385. The minimum atomic E-state index is -2.77. The zero-order valence-electron chi connectivity index (χ0n) is 18.5. The van der Waals surface area contributed by atoms with E-state index in [1.807, 2.05) is 0 Å². The normalized spacial score (nSPS) is 23.8. The zero-order chi connectivity index (χ0) is 22.1. The molecule has 8 nitrogen and oxygen atoms in total. The lowest BCUT2D eigenvalue weighted by Crippen LogP contribution is -2.39. The lowest BCUT2D eigenvalue weighted by molar-refractivity contribution is 0.169. The SMILES string of the molecule is CS(=N)(=O)c1cnc(N2CCC(CN3CCCC3c3ccc4c(c3)OCCO4)CC2)nc1. The Morgan fingerprint density at radius 3 is 2.50 bits per heavy atom. The van der Waals surface area contributed by atoms with E-state index in [0.717, 1.165) is 50.5 Å². The van der Waals surface area contributed by atoms with Crippen LogP contribution in [-0.2, 0) is 9.73 Å². The molecule has 0 aliphatic carbocycles. The summed E-state index contributed by atoms with van der Waals surface area (Å²) in [5, 5.41) is 0. The van der Waals surface area contributed by atoms with Crippen LogP contribution in [0.4, 0.5) is 5.95 Å². The average molecular weight is 458 g/mol. The molecule has 1 aromatic heterocycles. The Kier molecular flexibility index (Phi) is 5.94. The van der Waals surface area contributed by atoms with Crippen LogP contribution in [0.1, 0.15) is 37.3 Å². The summed E-state index contributed by atoms with van der Waals surface area (Å²) in [6.07, 6.45) is 9.10. The molecule has 3 aliphatic rings. The van der Waals surface area contributed by atoms with E-state index in [1.165, 1.54) is 37.1 Å². The number of benzene rings is 1. The summed E-state index contributed by atoms with van der Waals surface area (Å²) < 4.78 is 31.0. The van der Waals surface area contributed by atoms with Gasteiger partial charge in [0.1, 0.15) is 13.2 Å². The van der Waals surface area contributed by atoms with E-state index in [9.17, 15) is 4.21 Å². The van der Waals surface area contributed by atoms with Crippen molar-refractivity contribution in [1.29, 1.82) is 4.78 Å². The van der Waals surface area contributed by atoms with E-state index in [4.69, 9.17) is 14.3 Å². The first-order chi connectivity index (χ1) is 15.5. The highest BCUT2D eigenvalue weighted by Gasteiger charge is 2.31. The number of anilines is 1. The van der Waals surface area contributed by atoms with E-state index in [2.05, 4.69) is 38.0 Å². The third-order valence-electron chi connectivity index (χ3n) is 6.77. The summed E-state index contributed by atoms with van der Waals surface area (Å²) in [5.41, 5.74) is 1.33. The topological polar surface area (TPSA) is 91.6 Å². The van der Waals surface area contributed by atoms with Crippen molar-refractivity contribution in [3.8, 4) is 11.5 Å². The van der Waals surface area contributed by atoms with E-state index < -0.39 is 9.73 Å². The zero-order valence-corrected chi connectivity index (χ0v) is 19.4. The number of hydrogen-bond acceptors (Lipinski definition) is 8. The molecule has 0 amide bonds. The predicted octanol–water partition coefficient (Wildman–Crippen LogP) is 3.34. The van der Waals surface area contributed by atoms with Crippen molar-refractivity contribution in [3.63, 3.8) is 0 Å². The van der Waals surface area contributed by atoms with Crippen LogP contribution < -0.4 is 14.4 Å². The summed E-state index contributed by atoms with van der Waals surface area (Å²) in [5.74, 6) is 3.07. The van der Waals surface area contributed by atoms with Gasteiger partial charge in [-0.15, -0.1) is 0 Å². The van der Waals surface area contributed by atoms with Crippen molar-refractivity contribution in [3.05, 3.63) is 36.2 Å². The first-order valence-electron chi connectivity index (χ1n) is 11.4. The van der Waals surface area contributed by atoms with Crippen LogP contribution in [0.15, 0.2) is 35.5 Å². The number of rotatable bonds is 5. The maximum Gasteiger partial charge on any atom is 0.225 e. The first-order valence-corrected chi connectivity index (χ1v) is 13.4. The number of piperidine rings is 1. The molecular weight excluding hydrogens is 426 g/mol. The van der Waals surface area contributed by atoms with Crippen LogP contribution in [0, 0.1) is 10.7 Å². The Balaban J connectivity index is 1.18. The van der Waals surface area contributed by atoms with Crippen molar-refractivity contribution in [2.45, 2.75) is 36.6 Å². The second kappa shape index (κ2) is 8.86. The largest absolute Gasteiger partial charge is 0.486 e. The van der Waals surface area contributed by atoms with Gasteiger partial charge in [-0.1, -0.05) is 6.07 Å². The molecule has 32 heavy (non-hydrogen) atoms. The molecule has 2 unspecified atom stereocenters. The number of likely N-dealkylation sites (tertiary alicyclic amines) is 1. The highest BCUT2D eigenvalue weighted by Crippen LogP contribution is 2.39. The highest BCUT2D eigenvalue weighted by atomic mass is 32.2. The van der Waals surface area contributed by atoms with Crippen LogP contribution in [0.25, 0.3) is 0 Å². The van der Waals surface area contributed by atoms with Crippen LogP contribution >= 0.6 is 0 Å². The molecule has 1 N–H and O–H groups in total. The van der Waals surface area contributed by atoms with Gasteiger partial charge in [0.2, 0.25) is 5.95 Å². The molecule has 0 radical (unpaired) electrons. The Labute approximate surface area is 189 Å². The molecule has 5 rings (SSSR count). The van der Waals surface area contributed by atoms with Gasteiger partial charge in [-0.25, -0.2) is 19.0 Å². The molecule has 2 aromatic rings. The summed E-state index contributed by atoms with van der Waals surface area (Å²) in [4.78, 5) is 14.0. The highest BCUT2D eigenvalue weighted by molar-refractivity contribution is 7.91. The summed E-state index contributed by atoms with van der Waals surface area (Å²) >= 11 is 0. The minimum Gasteiger partial charge on any atom is -0.486 e. The standard InChI is InChI=1S/C23H31N5O3S/c1-32(24,29)19-14-25-23(26-15-19)27-9-6-17(7-10-27)16-28-8-2-3-20(28)18-4-5-21-22(13-18)31-12-11-30-21/h4-5,13-15,17,20,24H,2-3,6-12,16H2,1H3. The summed E-state index contributed by atoms with van der Waals surface area (Å²) in [6, 6.07) is 6.88. The number of hydrogen-bond donors (Lipinski definition) is 1. The monoisotopic (exact) mass is 457 g/mol. The molecule has 0 bridgehead atoms. The maximum absolute atomic E-state index is 11.8. The van der Waals surface area contributed by atoms with Gasteiger partial charge in [-0.05, 0) is 55.8 Å². The molecule has 1 aromatic carbocycles. The quantitative estimate of drug-likeness (QED) is 0.736. The lowest BCUT2D eigenvalue weighted by Gasteiger charge is -2.35. The third kappa shape index (κ3) is 4.54. The first kappa shape index (κ1) is 21.5. The van der Waals surface area contributed by atoms with Crippen molar-refractivity contribution < 1.29 is 13.7 Å². The van der Waals surface area contributed by atoms with Gasteiger partial charge in [0.05, 0.1) is 14.6 Å². The van der Waals surface area contributed by atoms with Crippen LogP contribution in [-0.4, -0.2) is 64.7 Å². The molecule has 0 spiro atoms. The van der Waals surface area contributed by atoms with Gasteiger partial charge in [-0.3, -0.25) is 4.90 Å². The van der Waals surface area contributed by atoms with E-state index >= 15 is 0 Å². The number of ether oxygens (including phenoxy) is 2. The predicted molar refractivity (Wildman–Crippen MR) is 123 cm³/mol. The molecular formula is C23H31N5O3S. The number of nitrogens with zero attached hydrogens (tertiary/aromatic N) is 4. The molecule has 172 valence electrons. The van der Waals surface area contributed by atoms with Gasteiger partial charge >= 0.3 is 0 Å². The Hall–Kier alpha value is -2.39. The number of nitrogens with one attached hydrogen (secondary N) is 1. The smallest absolute Gasteiger partial charge is 0.225 e. The Morgan fingerprint density at radius 1 is 1.06 bits per heavy atom. The van der Waals surface area contributed by atoms with Crippen LogP contribution in [0.3, 0.4) is 0 Å². The fourth-order valence-electron chi connectivity index (χ4n) is 5.01. The molecule has 2 fully saturated rings. The second-order valence-electron chi connectivity index (χ2n) is 9.05. The van der Waals surface area contributed by atoms with E-state index in [1.54, 1.807) is 0 Å². The fraction of sp³-hybridized carbons (Fsp3) is 0.565. The van der Waals surface area contributed by atoms with Crippen LogP contribution in [0.5, 0.6) is 11.5 Å². The molecule has 4 heterocycles. The third-order valence-corrected chi connectivity index (χ3v) is 7.88. The molecule has 2 atom stereocenters. The Morgan fingerprint density at radius 2 is 1.78 bits per heavy atom. The van der Waals surface area contributed by atoms with Gasteiger partial charge in [0, 0.05) is 44.3 Å². The van der Waals surface area contributed by atoms with Gasteiger partial charge in [0.25, 0.3) is 0 Å². The average Bonchev–Trinajstić information content (AvgIpc) is 3.27. The maximum atomic E-state index is 11.8. The second-order valence-corrected chi connectivity index (χ2v) is 11.2.